The van der Waals surface area contributed by atoms with Gasteiger partial charge in [-0.1, -0.05) is 89.7 Å². The number of hydrogen-bond donors (Lipinski definition) is 0. The van der Waals surface area contributed by atoms with Gasteiger partial charge in [0.25, 0.3) is 0 Å². The van der Waals surface area contributed by atoms with Gasteiger partial charge in [-0.05, 0) is 76.6 Å². The molecule has 4 heteroatoms. The minimum absolute atomic E-state index is 0.0731. The molecule has 202 valence electrons. The molecule has 6 rings (SSSR count). The quantitative estimate of drug-likeness (QED) is 0.215. The fourth-order valence-electron chi connectivity index (χ4n) is 5.04. The molecule has 2 aromatic heterocycles. The Kier molecular flexibility index (Phi) is 6.54. The summed E-state index contributed by atoms with van der Waals surface area (Å²) in [6.45, 7) is 13.5. The smallest absolute Gasteiger partial charge is 0.136 e. The first kappa shape index (κ1) is 26.3. The lowest BCUT2D eigenvalue weighted by molar-refractivity contribution is 0.589. The van der Waals surface area contributed by atoms with Crippen LogP contribution in [0.2, 0.25) is 0 Å². The van der Waals surface area contributed by atoms with E-state index in [2.05, 4.69) is 125 Å². The Morgan fingerprint density at radius 2 is 1.25 bits per heavy atom. The Bertz CT molecular complexity index is 1800. The van der Waals surface area contributed by atoms with E-state index in [0.29, 0.717) is 0 Å². The number of fused-ring (bicyclic) bond motifs is 2. The number of benzene rings is 4. The molecule has 0 spiro atoms. The van der Waals surface area contributed by atoms with E-state index in [1.165, 1.54) is 11.1 Å². The van der Waals surface area contributed by atoms with E-state index in [1.807, 2.05) is 24.7 Å². The molecular weight excluding hydrogens is 510 g/mol. The Hall–Kier alpha value is -3.89. The van der Waals surface area contributed by atoms with Crippen LogP contribution in [0.5, 0.6) is 0 Å². The van der Waals surface area contributed by atoms with Crippen LogP contribution in [0.1, 0.15) is 52.7 Å². The summed E-state index contributed by atoms with van der Waals surface area (Å²) in [5, 5.41) is 2.23. The van der Waals surface area contributed by atoms with E-state index in [0.717, 1.165) is 48.8 Å². The van der Waals surface area contributed by atoms with Crippen molar-refractivity contribution in [1.82, 2.24) is 0 Å². The zero-order chi connectivity index (χ0) is 28.1. The molecule has 6 aromatic rings. The molecule has 0 amide bonds. The molecule has 0 aliphatic rings. The summed E-state index contributed by atoms with van der Waals surface area (Å²) < 4.78 is 11.9. The van der Waals surface area contributed by atoms with Gasteiger partial charge < -0.3 is 13.7 Å². The van der Waals surface area contributed by atoms with Gasteiger partial charge in [0, 0.05) is 27.0 Å². The van der Waals surface area contributed by atoms with Gasteiger partial charge >= 0.3 is 0 Å². The van der Waals surface area contributed by atoms with E-state index in [-0.39, 0.29) is 10.8 Å². The largest absolute Gasteiger partial charge is 0.463 e. The van der Waals surface area contributed by atoms with Gasteiger partial charge in [-0.25, -0.2) is 0 Å². The first-order chi connectivity index (χ1) is 19.1. The van der Waals surface area contributed by atoms with Crippen molar-refractivity contribution in [2.45, 2.75) is 62.2 Å². The van der Waals surface area contributed by atoms with Crippen molar-refractivity contribution in [3.63, 3.8) is 0 Å². The van der Waals surface area contributed by atoms with Gasteiger partial charge in [0.05, 0.1) is 10.6 Å². The van der Waals surface area contributed by atoms with Crippen molar-refractivity contribution < 1.29 is 8.83 Å². The monoisotopic (exact) mass is 545 g/mol. The molecule has 4 aromatic carbocycles. The standard InChI is InChI=1S/C36H35NO2S/c1-35(2,3)24-14-17-26(18-15-24)37(31-22-38-32-13-8-7-12-29(31)32)27-10-9-11-28(21-27)40-34-23-39-33-19-16-25(20-30(33)34)36(4,5)6/h7-23H,1-6H3. The van der Waals surface area contributed by atoms with Crippen molar-refractivity contribution in [2.24, 2.45) is 0 Å². The van der Waals surface area contributed by atoms with Gasteiger partial charge in [-0.3, -0.25) is 0 Å². The summed E-state index contributed by atoms with van der Waals surface area (Å²) >= 11 is 1.73. The lowest BCUT2D eigenvalue weighted by Crippen LogP contribution is -2.13. The Labute approximate surface area is 240 Å². The minimum Gasteiger partial charge on any atom is -0.463 e. The van der Waals surface area contributed by atoms with Crippen LogP contribution < -0.4 is 4.90 Å². The number of para-hydroxylation sites is 1. The van der Waals surface area contributed by atoms with Crippen LogP contribution in [-0.4, -0.2) is 0 Å². The molecule has 0 radical (unpaired) electrons. The zero-order valence-electron chi connectivity index (χ0n) is 24.0. The number of rotatable bonds is 5. The third kappa shape index (κ3) is 5.04. The molecule has 0 unspecified atom stereocenters. The molecule has 2 heterocycles. The molecule has 0 saturated carbocycles. The summed E-state index contributed by atoms with van der Waals surface area (Å²) in [5.74, 6) is 0. The molecule has 0 aliphatic carbocycles. The van der Waals surface area contributed by atoms with Crippen molar-refractivity contribution in [3.05, 3.63) is 115 Å². The average molecular weight is 546 g/mol. The van der Waals surface area contributed by atoms with Gasteiger partial charge in [-0.15, -0.1) is 0 Å². The molecule has 0 atom stereocenters. The second-order valence-corrected chi connectivity index (χ2v) is 13.5. The maximum absolute atomic E-state index is 5.99. The minimum atomic E-state index is 0.0731. The molecule has 0 bridgehead atoms. The lowest BCUT2D eigenvalue weighted by Gasteiger charge is -2.26. The highest BCUT2D eigenvalue weighted by Gasteiger charge is 2.21. The van der Waals surface area contributed by atoms with Crippen molar-refractivity contribution in [1.29, 1.82) is 0 Å². The molecule has 0 saturated heterocycles. The van der Waals surface area contributed by atoms with E-state index in [4.69, 9.17) is 8.83 Å². The number of nitrogens with zero attached hydrogens (tertiary/aromatic N) is 1. The SMILES string of the molecule is CC(C)(C)c1ccc(N(c2cccc(Sc3coc4ccc(C(C)(C)C)cc34)c2)c2coc3ccccc23)cc1. The fourth-order valence-corrected chi connectivity index (χ4v) is 5.99. The summed E-state index contributed by atoms with van der Waals surface area (Å²) in [7, 11) is 0. The van der Waals surface area contributed by atoms with Gasteiger partial charge in [-0.2, -0.15) is 0 Å². The van der Waals surface area contributed by atoms with Crippen LogP contribution in [0.3, 0.4) is 0 Å². The molecule has 40 heavy (non-hydrogen) atoms. The summed E-state index contributed by atoms with van der Waals surface area (Å²) in [6.07, 6.45) is 3.74. The van der Waals surface area contributed by atoms with E-state index < -0.39 is 0 Å². The van der Waals surface area contributed by atoms with Crippen LogP contribution in [0, 0.1) is 0 Å². The predicted molar refractivity (Wildman–Crippen MR) is 169 cm³/mol. The van der Waals surface area contributed by atoms with Crippen LogP contribution in [0.15, 0.2) is 122 Å². The average Bonchev–Trinajstić information content (AvgIpc) is 3.53. The lowest BCUT2D eigenvalue weighted by atomic mass is 9.86. The normalized spacial score (nSPS) is 12.3. The maximum Gasteiger partial charge on any atom is 0.136 e. The summed E-state index contributed by atoms with van der Waals surface area (Å²) in [5.41, 5.74) is 7.73. The molecule has 0 N–H and O–H groups in total. The highest BCUT2D eigenvalue weighted by molar-refractivity contribution is 7.99. The molecule has 3 nitrogen and oxygen atoms in total. The van der Waals surface area contributed by atoms with Gasteiger partial charge in [0.15, 0.2) is 0 Å². The van der Waals surface area contributed by atoms with Gasteiger partial charge in [0.2, 0.25) is 0 Å². The maximum atomic E-state index is 5.99. The predicted octanol–water partition coefficient (Wildman–Crippen LogP) is 11.4. The third-order valence-electron chi connectivity index (χ3n) is 7.40. The molecule has 0 fully saturated rings. The molecular formula is C36H35NO2S. The zero-order valence-corrected chi connectivity index (χ0v) is 24.8. The second-order valence-electron chi connectivity index (χ2n) is 12.4. The Balaban J connectivity index is 1.42. The van der Waals surface area contributed by atoms with E-state index in [1.54, 1.807) is 11.8 Å². The van der Waals surface area contributed by atoms with Crippen molar-refractivity contribution in [2.75, 3.05) is 4.90 Å². The van der Waals surface area contributed by atoms with E-state index >= 15 is 0 Å². The number of anilines is 3. The second kappa shape index (κ2) is 9.94. The topological polar surface area (TPSA) is 29.5 Å². The van der Waals surface area contributed by atoms with Crippen molar-refractivity contribution in [3.8, 4) is 0 Å². The van der Waals surface area contributed by atoms with Crippen LogP contribution in [-0.2, 0) is 10.8 Å². The molecule has 0 aliphatic heterocycles. The van der Waals surface area contributed by atoms with Crippen LogP contribution in [0.25, 0.3) is 21.9 Å². The van der Waals surface area contributed by atoms with Crippen LogP contribution in [0.4, 0.5) is 17.1 Å². The first-order valence-electron chi connectivity index (χ1n) is 13.7. The summed E-state index contributed by atoms with van der Waals surface area (Å²) in [4.78, 5) is 4.55. The number of furan rings is 2. The van der Waals surface area contributed by atoms with Crippen molar-refractivity contribution >= 4 is 50.8 Å². The van der Waals surface area contributed by atoms with Crippen LogP contribution >= 0.6 is 11.8 Å². The highest BCUT2D eigenvalue weighted by atomic mass is 32.2. The fraction of sp³-hybridized carbons (Fsp3) is 0.222. The summed E-state index contributed by atoms with van der Waals surface area (Å²) in [6, 6.07) is 32.3. The first-order valence-corrected chi connectivity index (χ1v) is 14.6. The van der Waals surface area contributed by atoms with Gasteiger partial charge in [0.1, 0.15) is 23.7 Å². The van der Waals surface area contributed by atoms with E-state index in [9.17, 15) is 0 Å². The third-order valence-corrected chi connectivity index (χ3v) is 8.43. The highest BCUT2D eigenvalue weighted by Crippen LogP contribution is 2.43. The Morgan fingerprint density at radius 3 is 2.00 bits per heavy atom. The number of hydrogen-bond acceptors (Lipinski definition) is 4. The Morgan fingerprint density at radius 1 is 0.575 bits per heavy atom.